The third kappa shape index (κ3) is 3.14. The molecule has 0 spiro atoms. The van der Waals surface area contributed by atoms with Crippen LogP contribution in [0.15, 0.2) is 42.5 Å². The summed E-state index contributed by atoms with van der Waals surface area (Å²) in [5.41, 5.74) is 1.23. The van der Waals surface area contributed by atoms with E-state index >= 15 is 0 Å². The second-order valence-electron chi connectivity index (χ2n) is 5.21. The summed E-state index contributed by atoms with van der Waals surface area (Å²) in [5, 5.41) is 2.83. The van der Waals surface area contributed by atoms with Crippen molar-refractivity contribution in [2.24, 2.45) is 0 Å². The molecule has 5 nitrogen and oxygen atoms in total. The number of amides is 1. The Morgan fingerprint density at radius 2 is 1.82 bits per heavy atom. The van der Waals surface area contributed by atoms with Crippen LogP contribution in [0.5, 0.6) is 17.2 Å². The van der Waals surface area contributed by atoms with Crippen molar-refractivity contribution >= 4 is 11.6 Å². The average molecular weight is 299 g/mol. The van der Waals surface area contributed by atoms with Crippen molar-refractivity contribution in [1.29, 1.82) is 0 Å². The SMILES string of the molecule is CC(C)Oc1ccc(C(=O)Nc2ccc3c(c2)OCO3)cc1. The molecule has 0 saturated carbocycles. The van der Waals surface area contributed by atoms with E-state index < -0.39 is 0 Å². The highest BCUT2D eigenvalue weighted by Crippen LogP contribution is 2.34. The first-order valence-electron chi connectivity index (χ1n) is 7.09. The maximum Gasteiger partial charge on any atom is 0.255 e. The minimum absolute atomic E-state index is 0.105. The lowest BCUT2D eigenvalue weighted by Gasteiger charge is -2.10. The first-order valence-corrected chi connectivity index (χ1v) is 7.09. The van der Waals surface area contributed by atoms with Gasteiger partial charge in [0.05, 0.1) is 6.10 Å². The number of carbonyl (C=O) groups excluding carboxylic acids is 1. The van der Waals surface area contributed by atoms with Crippen LogP contribution in [0.2, 0.25) is 0 Å². The molecule has 0 atom stereocenters. The van der Waals surface area contributed by atoms with Crippen LogP contribution in [0.4, 0.5) is 5.69 Å². The Labute approximate surface area is 128 Å². The number of carbonyl (C=O) groups is 1. The molecular weight excluding hydrogens is 282 g/mol. The normalized spacial score (nSPS) is 12.3. The van der Waals surface area contributed by atoms with E-state index in [1.165, 1.54) is 0 Å². The zero-order valence-electron chi connectivity index (χ0n) is 12.5. The summed E-state index contributed by atoms with van der Waals surface area (Å²) in [5.74, 6) is 1.89. The lowest BCUT2D eigenvalue weighted by Crippen LogP contribution is -2.12. The first-order chi connectivity index (χ1) is 10.6. The van der Waals surface area contributed by atoms with Crippen LogP contribution in [0.1, 0.15) is 24.2 Å². The molecule has 0 fully saturated rings. The monoisotopic (exact) mass is 299 g/mol. The van der Waals surface area contributed by atoms with Gasteiger partial charge in [-0.3, -0.25) is 4.79 Å². The molecule has 0 bridgehead atoms. The molecule has 1 aliphatic rings. The van der Waals surface area contributed by atoms with Gasteiger partial charge in [0.1, 0.15) is 5.75 Å². The fourth-order valence-electron chi connectivity index (χ4n) is 2.13. The van der Waals surface area contributed by atoms with Gasteiger partial charge in [-0.1, -0.05) is 0 Å². The van der Waals surface area contributed by atoms with Gasteiger partial charge in [0.2, 0.25) is 6.79 Å². The Hall–Kier alpha value is -2.69. The van der Waals surface area contributed by atoms with Crippen molar-refractivity contribution in [2.75, 3.05) is 12.1 Å². The molecule has 22 heavy (non-hydrogen) atoms. The maximum atomic E-state index is 12.2. The molecule has 0 unspecified atom stereocenters. The van der Waals surface area contributed by atoms with E-state index in [1.54, 1.807) is 42.5 Å². The molecule has 2 aromatic carbocycles. The van der Waals surface area contributed by atoms with E-state index in [1.807, 2.05) is 13.8 Å². The van der Waals surface area contributed by atoms with Crippen LogP contribution in [0.3, 0.4) is 0 Å². The Balaban J connectivity index is 1.69. The summed E-state index contributed by atoms with van der Waals surface area (Å²) >= 11 is 0. The Kier molecular flexibility index (Phi) is 3.87. The van der Waals surface area contributed by atoms with Crippen molar-refractivity contribution in [2.45, 2.75) is 20.0 Å². The second kappa shape index (κ2) is 5.97. The molecule has 2 aromatic rings. The minimum atomic E-state index is -0.185. The third-order valence-electron chi connectivity index (χ3n) is 3.12. The maximum absolute atomic E-state index is 12.2. The van der Waals surface area contributed by atoms with Crippen molar-refractivity contribution in [1.82, 2.24) is 0 Å². The fraction of sp³-hybridized carbons (Fsp3) is 0.235. The van der Waals surface area contributed by atoms with Gasteiger partial charge in [0.15, 0.2) is 11.5 Å². The zero-order valence-corrected chi connectivity index (χ0v) is 12.5. The molecular formula is C17H17NO4. The van der Waals surface area contributed by atoms with Crippen LogP contribution in [0.25, 0.3) is 0 Å². The van der Waals surface area contributed by atoms with Crippen molar-refractivity contribution in [3.63, 3.8) is 0 Å². The van der Waals surface area contributed by atoms with Gasteiger partial charge in [-0.15, -0.1) is 0 Å². The first kappa shape index (κ1) is 14.3. The predicted molar refractivity (Wildman–Crippen MR) is 82.7 cm³/mol. The van der Waals surface area contributed by atoms with E-state index in [0.717, 1.165) is 5.75 Å². The Morgan fingerprint density at radius 1 is 1.09 bits per heavy atom. The number of hydrogen-bond acceptors (Lipinski definition) is 4. The number of rotatable bonds is 4. The summed E-state index contributed by atoms with van der Waals surface area (Å²) in [4.78, 5) is 12.2. The van der Waals surface area contributed by atoms with E-state index in [4.69, 9.17) is 14.2 Å². The van der Waals surface area contributed by atoms with E-state index in [9.17, 15) is 4.79 Å². The quantitative estimate of drug-likeness (QED) is 0.939. The molecule has 0 radical (unpaired) electrons. The molecule has 5 heteroatoms. The third-order valence-corrected chi connectivity index (χ3v) is 3.12. The number of fused-ring (bicyclic) bond motifs is 1. The number of benzene rings is 2. The number of hydrogen-bond donors (Lipinski definition) is 1. The predicted octanol–water partition coefficient (Wildman–Crippen LogP) is 3.45. The topological polar surface area (TPSA) is 56.8 Å². The van der Waals surface area contributed by atoms with E-state index in [2.05, 4.69) is 5.32 Å². The highest BCUT2D eigenvalue weighted by atomic mass is 16.7. The molecule has 3 rings (SSSR count). The molecule has 1 amide bonds. The van der Waals surface area contributed by atoms with Crippen molar-refractivity contribution in [3.05, 3.63) is 48.0 Å². The summed E-state index contributed by atoms with van der Waals surface area (Å²) < 4.78 is 16.1. The molecule has 1 heterocycles. The second-order valence-corrected chi connectivity index (χ2v) is 5.21. The molecule has 1 N–H and O–H groups in total. The van der Waals surface area contributed by atoms with Crippen molar-refractivity contribution in [3.8, 4) is 17.2 Å². The minimum Gasteiger partial charge on any atom is -0.491 e. The molecule has 1 aliphatic heterocycles. The lowest BCUT2D eigenvalue weighted by molar-refractivity contribution is 0.102. The highest BCUT2D eigenvalue weighted by molar-refractivity contribution is 6.04. The standard InChI is InChI=1S/C17H17NO4/c1-11(2)22-14-6-3-12(4-7-14)17(19)18-13-5-8-15-16(9-13)21-10-20-15/h3-9,11H,10H2,1-2H3,(H,18,19). The largest absolute Gasteiger partial charge is 0.491 e. The van der Waals surface area contributed by atoms with Gasteiger partial charge >= 0.3 is 0 Å². The smallest absolute Gasteiger partial charge is 0.255 e. The lowest BCUT2D eigenvalue weighted by atomic mass is 10.2. The van der Waals surface area contributed by atoms with Gasteiger partial charge in [0.25, 0.3) is 5.91 Å². The van der Waals surface area contributed by atoms with Crippen molar-refractivity contribution < 1.29 is 19.0 Å². The van der Waals surface area contributed by atoms with Gasteiger partial charge in [0, 0.05) is 17.3 Å². The van der Waals surface area contributed by atoms with Crippen LogP contribution in [0, 0.1) is 0 Å². The van der Waals surface area contributed by atoms with Gasteiger partial charge in [-0.2, -0.15) is 0 Å². The zero-order chi connectivity index (χ0) is 15.5. The van der Waals surface area contributed by atoms with E-state index in [-0.39, 0.29) is 18.8 Å². The van der Waals surface area contributed by atoms with E-state index in [0.29, 0.717) is 22.7 Å². The molecule has 0 saturated heterocycles. The summed E-state index contributed by atoms with van der Waals surface area (Å²) in [6.07, 6.45) is 0.105. The van der Waals surface area contributed by atoms with Gasteiger partial charge in [-0.05, 0) is 50.2 Å². The Morgan fingerprint density at radius 3 is 2.55 bits per heavy atom. The fourth-order valence-corrected chi connectivity index (χ4v) is 2.13. The number of anilines is 1. The van der Waals surface area contributed by atoms with Crippen LogP contribution in [-0.4, -0.2) is 18.8 Å². The Bertz CT molecular complexity index is 680. The van der Waals surface area contributed by atoms with Gasteiger partial charge in [-0.25, -0.2) is 0 Å². The summed E-state index contributed by atoms with van der Waals surface area (Å²) in [6, 6.07) is 12.3. The molecule has 0 aromatic heterocycles. The number of nitrogens with one attached hydrogen (secondary N) is 1. The molecule has 114 valence electrons. The van der Waals surface area contributed by atoms with Gasteiger partial charge < -0.3 is 19.5 Å². The molecule has 0 aliphatic carbocycles. The summed E-state index contributed by atoms with van der Waals surface area (Å²) in [6.45, 7) is 4.13. The van der Waals surface area contributed by atoms with Crippen LogP contribution in [-0.2, 0) is 0 Å². The van der Waals surface area contributed by atoms with Crippen LogP contribution >= 0.6 is 0 Å². The highest BCUT2D eigenvalue weighted by Gasteiger charge is 2.14. The average Bonchev–Trinajstić information content (AvgIpc) is 2.95. The van der Waals surface area contributed by atoms with Crippen LogP contribution < -0.4 is 19.5 Å². The summed E-state index contributed by atoms with van der Waals surface area (Å²) in [7, 11) is 0. The number of ether oxygens (including phenoxy) is 3.